The highest BCUT2D eigenvalue weighted by molar-refractivity contribution is 7.98. The van der Waals surface area contributed by atoms with Crippen LogP contribution in [-0.4, -0.2) is 33.5 Å². The molecule has 0 aliphatic heterocycles. The summed E-state index contributed by atoms with van der Waals surface area (Å²) in [6.45, 7) is 1.37. The van der Waals surface area contributed by atoms with Gasteiger partial charge in [-0.25, -0.2) is 4.98 Å². The molecule has 6 nitrogen and oxygen atoms in total. The number of thioether (sulfide) groups is 1. The van der Waals surface area contributed by atoms with E-state index in [0.29, 0.717) is 18.3 Å². The van der Waals surface area contributed by atoms with Crippen molar-refractivity contribution < 1.29 is 9.15 Å². The second-order valence-corrected chi connectivity index (χ2v) is 5.54. The number of benzene rings is 1. The van der Waals surface area contributed by atoms with Crippen LogP contribution in [0.25, 0.3) is 11.5 Å². The third-order valence-corrected chi connectivity index (χ3v) is 4.05. The van der Waals surface area contributed by atoms with E-state index in [9.17, 15) is 0 Å². The van der Waals surface area contributed by atoms with Crippen LogP contribution in [0, 0.1) is 0 Å². The Morgan fingerprint density at radius 1 is 1.27 bits per heavy atom. The first-order valence-corrected chi connectivity index (χ1v) is 7.85. The Balaban J connectivity index is 1.63. The molecule has 0 bridgehead atoms. The van der Waals surface area contributed by atoms with Crippen LogP contribution in [-0.2, 0) is 17.0 Å². The molecule has 3 aromatic rings. The highest BCUT2D eigenvalue weighted by atomic mass is 32.2. The normalized spacial score (nSPS) is 11.0. The summed E-state index contributed by atoms with van der Waals surface area (Å²) in [5.74, 6) is 1.32. The van der Waals surface area contributed by atoms with E-state index in [1.165, 1.54) is 0 Å². The van der Waals surface area contributed by atoms with Gasteiger partial charge in [0.05, 0.1) is 12.3 Å². The molecule has 0 amide bonds. The van der Waals surface area contributed by atoms with E-state index in [1.807, 2.05) is 34.9 Å². The van der Waals surface area contributed by atoms with E-state index in [2.05, 4.69) is 15.2 Å². The van der Waals surface area contributed by atoms with Gasteiger partial charge in [-0.15, -0.1) is 10.2 Å². The average molecular weight is 316 g/mol. The molecule has 114 valence electrons. The van der Waals surface area contributed by atoms with Gasteiger partial charge in [-0.1, -0.05) is 30.0 Å². The lowest BCUT2D eigenvalue weighted by atomic mass is 10.2. The molecular formula is C15H16N4O2S. The maximum absolute atomic E-state index is 5.53. The van der Waals surface area contributed by atoms with Crippen LogP contribution in [0.1, 0.15) is 5.69 Å². The maximum Gasteiger partial charge on any atom is 0.226 e. The first kappa shape index (κ1) is 14.8. The van der Waals surface area contributed by atoms with Crippen molar-refractivity contribution in [3.8, 4) is 11.5 Å². The molecule has 1 aromatic carbocycles. The van der Waals surface area contributed by atoms with Crippen molar-refractivity contribution in [2.45, 2.75) is 17.5 Å². The second kappa shape index (κ2) is 7.24. The van der Waals surface area contributed by atoms with Gasteiger partial charge in [0.15, 0.2) is 5.16 Å². The predicted molar refractivity (Wildman–Crippen MR) is 83.4 cm³/mol. The first-order valence-electron chi connectivity index (χ1n) is 6.86. The molecule has 0 N–H and O–H groups in total. The Morgan fingerprint density at radius 3 is 2.95 bits per heavy atom. The molecule has 0 fully saturated rings. The van der Waals surface area contributed by atoms with E-state index in [4.69, 9.17) is 9.15 Å². The van der Waals surface area contributed by atoms with E-state index in [1.54, 1.807) is 31.5 Å². The molecule has 0 radical (unpaired) electrons. The highest BCUT2D eigenvalue weighted by Crippen LogP contribution is 2.23. The molecule has 3 rings (SSSR count). The Labute approximate surface area is 132 Å². The zero-order chi connectivity index (χ0) is 15.2. The molecule has 2 heterocycles. The summed E-state index contributed by atoms with van der Waals surface area (Å²) in [5, 5.41) is 8.89. The summed E-state index contributed by atoms with van der Waals surface area (Å²) in [4.78, 5) is 4.50. The van der Waals surface area contributed by atoms with Crippen LogP contribution < -0.4 is 0 Å². The Morgan fingerprint density at radius 2 is 2.14 bits per heavy atom. The Kier molecular flexibility index (Phi) is 4.87. The van der Waals surface area contributed by atoms with Crippen LogP contribution in [0.2, 0.25) is 0 Å². The molecule has 0 unspecified atom stereocenters. The van der Waals surface area contributed by atoms with E-state index >= 15 is 0 Å². The van der Waals surface area contributed by atoms with Crippen molar-refractivity contribution in [1.29, 1.82) is 0 Å². The largest absolute Gasteiger partial charge is 0.444 e. The van der Waals surface area contributed by atoms with Gasteiger partial charge in [-0.05, 0) is 12.1 Å². The van der Waals surface area contributed by atoms with Crippen LogP contribution >= 0.6 is 11.8 Å². The van der Waals surface area contributed by atoms with Crippen molar-refractivity contribution in [1.82, 2.24) is 19.7 Å². The van der Waals surface area contributed by atoms with Gasteiger partial charge in [0.25, 0.3) is 0 Å². The molecule has 0 aliphatic rings. The van der Waals surface area contributed by atoms with Crippen molar-refractivity contribution in [3.05, 3.63) is 48.6 Å². The number of rotatable bonds is 7. The Bertz CT molecular complexity index is 711. The number of hydrogen-bond acceptors (Lipinski definition) is 6. The number of hydrogen-bond donors (Lipinski definition) is 0. The van der Waals surface area contributed by atoms with Gasteiger partial charge >= 0.3 is 0 Å². The fraction of sp³-hybridized carbons (Fsp3) is 0.267. The topological polar surface area (TPSA) is 66.0 Å². The molecule has 0 aliphatic carbocycles. The molecule has 2 aromatic heterocycles. The Hall–Kier alpha value is -2.12. The zero-order valence-electron chi connectivity index (χ0n) is 12.2. The molecule has 0 atom stereocenters. The highest BCUT2D eigenvalue weighted by Gasteiger charge is 2.09. The van der Waals surface area contributed by atoms with E-state index in [-0.39, 0.29) is 0 Å². The van der Waals surface area contributed by atoms with Crippen molar-refractivity contribution in [2.75, 3.05) is 13.7 Å². The molecular weight excluding hydrogens is 300 g/mol. The summed E-state index contributed by atoms with van der Waals surface area (Å²) in [5.41, 5.74) is 1.85. The van der Waals surface area contributed by atoms with Crippen molar-refractivity contribution in [3.63, 3.8) is 0 Å². The second-order valence-electron chi connectivity index (χ2n) is 4.60. The van der Waals surface area contributed by atoms with Gasteiger partial charge < -0.3 is 13.7 Å². The quantitative estimate of drug-likeness (QED) is 0.624. The van der Waals surface area contributed by atoms with Crippen molar-refractivity contribution in [2.24, 2.45) is 0 Å². The molecule has 0 spiro atoms. The van der Waals surface area contributed by atoms with Gasteiger partial charge in [0.1, 0.15) is 12.6 Å². The van der Waals surface area contributed by atoms with Crippen LogP contribution in [0.5, 0.6) is 0 Å². The summed E-state index contributed by atoms with van der Waals surface area (Å²) in [7, 11) is 1.68. The fourth-order valence-electron chi connectivity index (χ4n) is 1.92. The predicted octanol–water partition coefficient (Wildman–Crippen LogP) is 2.87. The van der Waals surface area contributed by atoms with Crippen molar-refractivity contribution >= 4 is 11.8 Å². The third-order valence-electron chi connectivity index (χ3n) is 3.04. The lowest BCUT2D eigenvalue weighted by molar-refractivity contribution is 0.184. The SMILES string of the molecule is COCCn1cnnc1SCc1coc(-c2ccccc2)n1. The minimum Gasteiger partial charge on any atom is -0.444 e. The average Bonchev–Trinajstić information content (AvgIpc) is 3.21. The third kappa shape index (κ3) is 3.55. The van der Waals surface area contributed by atoms with Crippen LogP contribution in [0.3, 0.4) is 0 Å². The minimum atomic E-state index is 0.633. The first-order chi connectivity index (χ1) is 10.9. The minimum absolute atomic E-state index is 0.633. The number of oxazole rings is 1. The fourth-order valence-corrected chi connectivity index (χ4v) is 2.74. The van der Waals surface area contributed by atoms with Crippen LogP contribution in [0.4, 0.5) is 0 Å². The summed E-state index contributed by atoms with van der Waals surface area (Å²) in [6.07, 6.45) is 3.39. The molecule has 0 saturated carbocycles. The van der Waals surface area contributed by atoms with Gasteiger partial charge in [-0.3, -0.25) is 0 Å². The maximum atomic E-state index is 5.53. The molecule has 0 saturated heterocycles. The lowest BCUT2D eigenvalue weighted by Crippen LogP contribution is -2.04. The van der Waals surface area contributed by atoms with Crippen LogP contribution in [0.15, 0.2) is 52.5 Å². The summed E-state index contributed by atoms with van der Waals surface area (Å²) in [6, 6.07) is 9.85. The van der Waals surface area contributed by atoms with Gasteiger partial charge in [0, 0.05) is 25.0 Å². The monoisotopic (exact) mass is 316 g/mol. The molecule has 7 heteroatoms. The number of methoxy groups -OCH3 is 1. The zero-order valence-corrected chi connectivity index (χ0v) is 13.0. The van der Waals surface area contributed by atoms with Gasteiger partial charge in [0.2, 0.25) is 5.89 Å². The number of nitrogens with zero attached hydrogens (tertiary/aromatic N) is 4. The lowest BCUT2D eigenvalue weighted by Gasteiger charge is -2.03. The number of ether oxygens (including phenoxy) is 1. The standard InChI is InChI=1S/C15H16N4O2S/c1-20-8-7-19-11-16-18-15(19)22-10-13-9-21-14(17-13)12-5-3-2-4-6-12/h2-6,9,11H,7-8,10H2,1H3. The van der Waals surface area contributed by atoms with E-state index in [0.717, 1.165) is 23.0 Å². The van der Waals surface area contributed by atoms with Gasteiger partial charge in [-0.2, -0.15) is 0 Å². The summed E-state index contributed by atoms with van der Waals surface area (Å²) >= 11 is 1.58. The van der Waals surface area contributed by atoms with E-state index < -0.39 is 0 Å². The molecule has 22 heavy (non-hydrogen) atoms. The summed E-state index contributed by atoms with van der Waals surface area (Å²) < 4.78 is 12.6. The smallest absolute Gasteiger partial charge is 0.226 e. The number of aromatic nitrogens is 4.